The van der Waals surface area contributed by atoms with Crippen molar-refractivity contribution >= 4 is 17.6 Å². The summed E-state index contributed by atoms with van der Waals surface area (Å²) in [5.74, 6) is 0.719. The zero-order chi connectivity index (χ0) is 22.2. The first kappa shape index (κ1) is 21.3. The predicted molar refractivity (Wildman–Crippen MR) is 115 cm³/mol. The van der Waals surface area contributed by atoms with Gasteiger partial charge in [0.1, 0.15) is 17.2 Å². The molecule has 1 amide bonds. The van der Waals surface area contributed by atoms with Gasteiger partial charge in [0.15, 0.2) is 5.82 Å². The number of ether oxygens (including phenoxy) is 2. The molecule has 31 heavy (non-hydrogen) atoms. The van der Waals surface area contributed by atoms with Gasteiger partial charge in [0.2, 0.25) is 0 Å². The smallest absolute Gasteiger partial charge is 0.410 e. The van der Waals surface area contributed by atoms with Gasteiger partial charge in [-0.05, 0) is 45.4 Å². The minimum Gasteiger partial charge on any atom is -0.444 e. The summed E-state index contributed by atoms with van der Waals surface area (Å²) in [7, 11) is 0. The van der Waals surface area contributed by atoms with Crippen LogP contribution in [0.15, 0.2) is 18.2 Å². The van der Waals surface area contributed by atoms with E-state index >= 15 is 0 Å². The molecule has 9 heteroatoms. The van der Waals surface area contributed by atoms with E-state index in [0.717, 1.165) is 30.2 Å². The maximum Gasteiger partial charge on any atom is 0.410 e. The van der Waals surface area contributed by atoms with E-state index in [0.29, 0.717) is 44.1 Å². The number of halogens is 1. The Balaban J connectivity index is 1.72. The lowest BCUT2D eigenvalue weighted by molar-refractivity contribution is 0.0221. The highest BCUT2D eigenvalue weighted by Gasteiger charge is 2.30. The Morgan fingerprint density at radius 1 is 1.19 bits per heavy atom. The zero-order valence-corrected chi connectivity index (χ0v) is 18.2. The molecule has 0 atom stereocenters. The van der Waals surface area contributed by atoms with Gasteiger partial charge < -0.3 is 25.0 Å². The normalized spacial score (nSPS) is 16.8. The molecule has 1 saturated heterocycles. The van der Waals surface area contributed by atoms with Gasteiger partial charge in [-0.15, -0.1) is 0 Å². The molecule has 2 aliphatic heterocycles. The van der Waals surface area contributed by atoms with E-state index in [9.17, 15) is 9.18 Å². The van der Waals surface area contributed by atoms with Crippen molar-refractivity contribution in [1.29, 1.82) is 0 Å². The molecule has 8 nitrogen and oxygen atoms in total. The van der Waals surface area contributed by atoms with Crippen LogP contribution < -0.4 is 10.6 Å². The second-order valence-corrected chi connectivity index (χ2v) is 8.78. The Morgan fingerprint density at radius 2 is 1.94 bits per heavy atom. The van der Waals surface area contributed by atoms with Gasteiger partial charge in [0.25, 0.3) is 0 Å². The van der Waals surface area contributed by atoms with E-state index in [-0.39, 0.29) is 11.8 Å². The average molecular weight is 429 g/mol. The van der Waals surface area contributed by atoms with Crippen LogP contribution in [0, 0.1) is 5.82 Å². The van der Waals surface area contributed by atoms with E-state index in [1.807, 2.05) is 20.8 Å². The fraction of sp³-hybridized carbons (Fsp3) is 0.500. The van der Waals surface area contributed by atoms with Crippen molar-refractivity contribution in [2.75, 3.05) is 43.5 Å². The van der Waals surface area contributed by atoms with Crippen LogP contribution in [-0.2, 0) is 22.4 Å². The highest BCUT2D eigenvalue weighted by molar-refractivity contribution is 5.70. The first-order valence-corrected chi connectivity index (χ1v) is 10.5. The van der Waals surface area contributed by atoms with Crippen LogP contribution in [0.5, 0.6) is 0 Å². The Morgan fingerprint density at radius 3 is 2.61 bits per heavy atom. The third-order valence-corrected chi connectivity index (χ3v) is 5.26. The first-order valence-electron chi connectivity index (χ1n) is 10.5. The molecule has 1 aromatic carbocycles. The van der Waals surface area contributed by atoms with Crippen LogP contribution in [-0.4, -0.2) is 59.4 Å². The number of aromatic nitrogens is 2. The summed E-state index contributed by atoms with van der Waals surface area (Å²) in [4.78, 5) is 25.9. The number of carbonyl (C=O) groups is 1. The summed E-state index contributed by atoms with van der Waals surface area (Å²) in [5, 5.41) is 0. The molecule has 2 N–H and O–H groups in total. The highest BCUT2D eigenvalue weighted by Crippen LogP contribution is 2.31. The second kappa shape index (κ2) is 8.30. The lowest BCUT2D eigenvalue weighted by Crippen LogP contribution is -2.42. The molecule has 0 saturated carbocycles. The summed E-state index contributed by atoms with van der Waals surface area (Å²) in [6.07, 6.45) is 0.252. The number of carbonyl (C=O) groups excluding carboxylic acids is 1. The predicted octanol–water partition coefficient (Wildman–Crippen LogP) is 2.99. The number of nitrogens with two attached hydrogens (primary N) is 1. The van der Waals surface area contributed by atoms with Crippen LogP contribution in [0.25, 0.3) is 11.4 Å². The molecule has 4 rings (SSSR count). The monoisotopic (exact) mass is 429 g/mol. The number of nitrogens with zero attached hydrogens (tertiary/aromatic N) is 4. The summed E-state index contributed by atoms with van der Waals surface area (Å²) in [6, 6.07) is 4.56. The van der Waals surface area contributed by atoms with Crippen molar-refractivity contribution in [1.82, 2.24) is 14.9 Å². The number of hydrogen-bond acceptors (Lipinski definition) is 7. The molecular weight excluding hydrogens is 401 g/mol. The topological polar surface area (TPSA) is 93.8 Å². The Kier molecular flexibility index (Phi) is 5.70. The maximum absolute atomic E-state index is 14.1. The SMILES string of the molecule is CC(C)(C)OC(=O)N1CCc2c(nc(-c3ccc(N)c(F)c3)nc2N2CCOCC2)C1. The molecule has 2 aliphatic rings. The minimum atomic E-state index is -0.575. The van der Waals surface area contributed by atoms with E-state index in [2.05, 4.69) is 4.90 Å². The van der Waals surface area contributed by atoms with E-state index in [1.165, 1.54) is 12.1 Å². The van der Waals surface area contributed by atoms with Gasteiger partial charge in [-0.2, -0.15) is 0 Å². The van der Waals surface area contributed by atoms with Crippen molar-refractivity contribution in [3.8, 4) is 11.4 Å². The number of rotatable bonds is 2. The van der Waals surface area contributed by atoms with Gasteiger partial charge in [0.05, 0.1) is 31.1 Å². The number of nitrogen functional groups attached to an aromatic ring is 1. The van der Waals surface area contributed by atoms with Crippen LogP contribution in [0.3, 0.4) is 0 Å². The highest BCUT2D eigenvalue weighted by atomic mass is 19.1. The number of amides is 1. The third kappa shape index (κ3) is 4.71. The Hall–Kier alpha value is -2.94. The van der Waals surface area contributed by atoms with Crippen LogP contribution in [0.4, 0.5) is 20.7 Å². The fourth-order valence-corrected chi connectivity index (χ4v) is 3.73. The van der Waals surface area contributed by atoms with Crippen molar-refractivity contribution < 1.29 is 18.7 Å². The summed E-state index contributed by atoms with van der Waals surface area (Å²) in [6.45, 7) is 9.04. The van der Waals surface area contributed by atoms with E-state index < -0.39 is 11.4 Å². The number of fused-ring (bicyclic) bond motifs is 1. The van der Waals surface area contributed by atoms with Gasteiger partial charge >= 0.3 is 6.09 Å². The molecule has 0 spiro atoms. The number of morpholine rings is 1. The molecule has 0 radical (unpaired) electrons. The standard InChI is InChI=1S/C22H28FN5O3/c1-22(2,3)31-21(29)28-7-6-15-18(13-28)25-19(14-4-5-17(24)16(23)12-14)26-20(15)27-8-10-30-11-9-27/h4-5,12H,6-11,13,24H2,1-3H3. The summed E-state index contributed by atoms with van der Waals surface area (Å²) < 4.78 is 25.1. The molecular formula is C22H28FN5O3. The van der Waals surface area contributed by atoms with Crippen molar-refractivity contribution in [3.05, 3.63) is 35.3 Å². The quantitative estimate of drug-likeness (QED) is 0.734. The van der Waals surface area contributed by atoms with Crippen molar-refractivity contribution in [2.45, 2.75) is 39.3 Å². The minimum absolute atomic E-state index is 0.0752. The van der Waals surface area contributed by atoms with Crippen LogP contribution in [0.2, 0.25) is 0 Å². The zero-order valence-electron chi connectivity index (χ0n) is 18.2. The maximum atomic E-state index is 14.1. The molecule has 1 fully saturated rings. The molecule has 166 valence electrons. The Bertz CT molecular complexity index is 986. The molecule has 1 aromatic heterocycles. The van der Waals surface area contributed by atoms with Gasteiger partial charge in [-0.3, -0.25) is 0 Å². The summed E-state index contributed by atoms with van der Waals surface area (Å²) >= 11 is 0. The van der Waals surface area contributed by atoms with Crippen LogP contribution >= 0.6 is 0 Å². The Labute approximate surface area is 181 Å². The lowest BCUT2D eigenvalue weighted by Gasteiger charge is -2.34. The van der Waals surface area contributed by atoms with E-state index in [1.54, 1.807) is 11.0 Å². The summed E-state index contributed by atoms with van der Waals surface area (Å²) in [5.41, 5.74) is 7.44. The second-order valence-electron chi connectivity index (χ2n) is 8.78. The largest absolute Gasteiger partial charge is 0.444 e. The van der Waals surface area contributed by atoms with Gasteiger partial charge in [-0.1, -0.05) is 0 Å². The molecule has 0 unspecified atom stereocenters. The van der Waals surface area contributed by atoms with Gasteiger partial charge in [0, 0.05) is 30.8 Å². The molecule has 3 heterocycles. The number of anilines is 2. The molecule has 0 aliphatic carbocycles. The van der Waals surface area contributed by atoms with Crippen molar-refractivity contribution in [2.24, 2.45) is 0 Å². The molecule has 2 aromatic rings. The third-order valence-electron chi connectivity index (χ3n) is 5.26. The van der Waals surface area contributed by atoms with Crippen LogP contribution in [0.1, 0.15) is 32.0 Å². The first-order chi connectivity index (χ1) is 14.7. The number of benzene rings is 1. The van der Waals surface area contributed by atoms with Gasteiger partial charge in [-0.25, -0.2) is 19.2 Å². The number of hydrogen-bond donors (Lipinski definition) is 1. The van der Waals surface area contributed by atoms with Crippen molar-refractivity contribution in [3.63, 3.8) is 0 Å². The fourth-order valence-electron chi connectivity index (χ4n) is 3.73. The average Bonchev–Trinajstić information content (AvgIpc) is 2.74. The lowest BCUT2D eigenvalue weighted by atomic mass is 10.0. The molecule has 0 bridgehead atoms. The van der Waals surface area contributed by atoms with E-state index in [4.69, 9.17) is 25.2 Å².